The number of hydrogen-bond donors (Lipinski definition) is 1. The van der Waals surface area contributed by atoms with Gasteiger partial charge in [-0.15, -0.1) is 0 Å². The maximum Gasteiger partial charge on any atom is 0.416 e. The van der Waals surface area contributed by atoms with Gasteiger partial charge in [-0.1, -0.05) is 30.3 Å². The second-order valence-corrected chi connectivity index (χ2v) is 5.72. The number of methoxy groups -OCH3 is 1. The Bertz CT molecular complexity index is 775. The zero-order valence-corrected chi connectivity index (χ0v) is 13.5. The van der Waals surface area contributed by atoms with E-state index < -0.39 is 12.1 Å². The smallest absolute Gasteiger partial charge is 0.416 e. The molecule has 3 rings (SSSR count). The van der Waals surface area contributed by atoms with Gasteiger partial charge < -0.3 is 15.2 Å². The number of rotatable bonds is 5. The van der Waals surface area contributed by atoms with Gasteiger partial charge in [-0.2, -0.15) is 0 Å². The summed E-state index contributed by atoms with van der Waals surface area (Å²) in [5.41, 5.74) is 7.08. The number of hydrogen-bond acceptors (Lipinski definition) is 5. The molecule has 2 N–H and O–H groups in total. The van der Waals surface area contributed by atoms with E-state index in [-0.39, 0.29) is 19.1 Å². The van der Waals surface area contributed by atoms with Crippen molar-refractivity contribution in [3.63, 3.8) is 0 Å². The molecule has 2 amide bonds. The third-order valence-corrected chi connectivity index (χ3v) is 4.26. The van der Waals surface area contributed by atoms with E-state index in [9.17, 15) is 9.59 Å². The van der Waals surface area contributed by atoms with Crippen LogP contribution in [0.3, 0.4) is 0 Å². The van der Waals surface area contributed by atoms with Gasteiger partial charge in [-0.25, -0.2) is 9.69 Å². The van der Waals surface area contributed by atoms with Crippen molar-refractivity contribution in [2.45, 2.75) is 18.9 Å². The number of carbonyl (C=O) groups excluding carboxylic acids is 2. The number of cyclic esters (lactones) is 1. The number of nitrogens with two attached hydrogens (primary N) is 1. The molecule has 0 aliphatic carbocycles. The highest BCUT2D eigenvalue weighted by Gasteiger charge is 2.31. The number of imide groups is 1. The molecule has 24 heavy (non-hydrogen) atoms. The first-order chi connectivity index (χ1) is 11.6. The van der Waals surface area contributed by atoms with Gasteiger partial charge in [-0.05, 0) is 29.9 Å². The van der Waals surface area contributed by atoms with Crippen molar-refractivity contribution in [3.8, 4) is 5.75 Å². The van der Waals surface area contributed by atoms with E-state index >= 15 is 0 Å². The molecule has 1 atom stereocenters. The summed E-state index contributed by atoms with van der Waals surface area (Å²) in [7, 11) is 1.64. The average molecular weight is 328 g/mol. The third kappa shape index (κ3) is 3.05. The lowest BCUT2D eigenvalue weighted by molar-refractivity contribution is -0.129. The van der Waals surface area contributed by atoms with Gasteiger partial charge in [0.25, 0.3) is 0 Å². The van der Waals surface area contributed by atoms with E-state index in [4.69, 9.17) is 15.2 Å². The molecule has 1 saturated heterocycles. The first kappa shape index (κ1) is 16.3. The Hall–Kier alpha value is -2.60. The Morgan fingerprint density at radius 1 is 1.29 bits per heavy atom. The number of amides is 2. The van der Waals surface area contributed by atoms with Crippen LogP contribution in [0.1, 0.15) is 12.0 Å². The standard InChI is InChI=1S/C18H20N2O4/c1-23-16-9-7-12(13-4-2-3-5-14(13)16)6-8-15(19)17(21)20-10-11-24-18(20)22/h2-5,7,9,15H,6,8,10-11,19H2,1H3/t15-/m0/s1. The van der Waals surface area contributed by atoms with Gasteiger partial charge in [0.1, 0.15) is 12.4 Å². The summed E-state index contributed by atoms with van der Waals surface area (Å²) < 4.78 is 10.2. The molecule has 0 radical (unpaired) electrons. The lowest BCUT2D eigenvalue weighted by Crippen LogP contribution is -2.44. The van der Waals surface area contributed by atoms with E-state index in [1.807, 2.05) is 36.4 Å². The van der Waals surface area contributed by atoms with Gasteiger partial charge in [0.05, 0.1) is 19.7 Å². The summed E-state index contributed by atoms with van der Waals surface area (Å²) >= 11 is 0. The van der Waals surface area contributed by atoms with Gasteiger partial charge in [0.2, 0.25) is 5.91 Å². The quantitative estimate of drug-likeness (QED) is 0.909. The van der Waals surface area contributed by atoms with Gasteiger partial charge in [-0.3, -0.25) is 4.79 Å². The van der Waals surface area contributed by atoms with Crippen LogP contribution in [0, 0.1) is 0 Å². The minimum absolute atomic E-state index is 0.237. The van der Waals surface area contributed by atoms with Crippen LogP contribution in [-0.2, 0) is 16.0 Å². The van der Waals surface area contributed by atoms with Gasteiger partial charge in [0, 0.05) is 5.39 Å². The van der Waals surface area contributed by atoms with E-state index in [0.717, 1.165) is 27.0 Å². The zero-order valence-electron chi connectivity index (χ0n) is 13.5. The first-order valence-corrected chi connectivity index (χ1v) is 7.90. The number of carbonyl (C=O) groups is 2. The van der Waals surface area contributed by atoms with Gasteiger partial charge in [0.15, 0.2) is 0 Å². The number of aryl methyl sites for hydroxylation is 1. The Kier molecular flexibility index (Phi) is 4.66. The number of fused-ring (bicyclic) bond motifs is 1. The Balaban J connectivity index is 1.74. The molecule has 0 aromatic heterocycles. The molecule has 0 spiro atoms. The van der Waals surface area contributed by atoms with Crippen molar-refractivity contribution < 1.29 is 19.1 Å². The third-order valence-electron chi connectivity index (χ3n) is 4.26. The molecule has 6 heteroatoms. The van der Waals surface area contributed by atoms with Crippen molar-refractivity contribution in [1.29, 1.82) is 0 Å². The minimum atomic E-state index is -0.725. The molecular weight excluding hydrogens is 308 g/mol. The summed E-state index contributed by atoms with van der Waals surface area (Å²) in [6, 6.07) is 11.1. The topological polar surface area (TPSA) is 81.9 Å². The molecule has 1 aliphatic heterocycles. The maximum atomic E-state index is 12.2. The average Bonchev–Trinajstić information content (AvgIpc) is 3.04. The summed E-state index contributed by atoms with van der Waals surface area (Å²) in [6.45, 7) is 0.511. The highest BCUT2D eigenvalue weighted by molar-refractivity contribution is 5.96. The summed E-state index contributed by atoms with van der Waals surface area (Å²) in [4.78, 5) is 24.8. The van der Waals surface area contributed by atoms with Crippen LogP contribution in [0.15, 0.2) is 36.4 Å². The van der Waals surface area contributed by atoms with Crippen molar-refractivity contribution in [3.05, 3.63) is 42.0 Å². The summed E-state index contributed by atoms with van der Waals surface area (Å²) in [6.07, 6.45) is 0.490. The van der Waals surface area contributed by atoms with Crippen molar-refractivity contribution in [2.24, 2.45) is 5.73 Å². The molecule has 1 fully saturated rings. The molecule has 2 aromatic rings. The fourth-order valence-electron chi connectivity index (χ4n) is 2.96. The van der Waals surface area contributed by atoms with Crippen molar-refractivity contribution >= 4 is 22.8 Å². The number of benzene rings is 2. The SMILES string of the molecule is COc1ccc(CC[C@H](N)C(=O)N2CCOC2=O)c2ccccc12. The van der Waals surface area contributed by atoms with E-state index in [1.54, 1.807) is 7.11 Å². The van der Waals surface area contributed by atoms with Crippen LogP contribution >= 0.6 is 0 Å². The minimum Gasteiger partial charge on any atom is -0.496 e. The van der Waals surface area contributed by atoms with Crippen LogP contribution in [0.25, 0.3) is 10.8 Å². The van der Waals surface area contributed by atoms with Crippen LogP contribution in [0.2, 0.25) is 0 Å². The summed E-state index contributed by atoms with van der Waals surface area (Å²) in [5.74, 6) is 0.435. The normalized spacial score (nSPS) is 15.4. The molecule has 1 heterocycles. The fraction of sp³-hybridized carbons (Fsp3) is 0.333. The lowest BCUT2D eigenvalue weighted by atomic mass is 9.98. The first-order valence-electron chi connectivity index (χ1n) is 7.90. The second-order valence-electron chi connectivity index (χ2n) is 5.72. The Labute approximate surface area is 140 Å². The lowest BCUT2D eigenvalue weighted by Gasteiger charge is -2.17. The molecule has 2 aromatic carbocycles. The molecular formula is C18H20N2O4. The highest BCUT2D eigenvalue weighted by Crippen LogP contribution is 2.29. The largest absolute Gasteiger partial charge is 0.496 e. The van der Waals surface area contributed by atoms with Gasteiger partial charge >= 0.3 is 6.09 Å². The molecule has 0 saturated carbocycles. The van der Waals surface area contributed by atoms with E-state index in [1.165, 1.54) is 0 Å². The summed E-state index contributed by atoms with van der Waals surface area (Å²) in [5, 5.41) is 2.11. The highest BCUT2D eigenvalue weighted by atomic mass is 16.6. The molecule has 0 unspecified atom stereocenters. The number of nitrogens with zero attached hydrogens (tertiary/aromatic N) is 1. The van der Waals surface area contributed by atoms with E-state index in [0.29, 0.717) is 12.8 Å². The maximum absolute atomic E-state index is 12.2. The second kappa shape index (κ2) is 6.88. The Morgan fingerprint density at radius 2 is 2.04 bits per heavy atom. The van der Waals surface area contributed by atoms with Crippen LogP contribution in [0.4, 0.5) is 4.79 Å². The van der Waals surface area contributed by atoms with Crippen molar-refractivity contribution in [1.82, 2.24) is 4.90 Å². The molecule has 1 aliphatic rings. The predicted octanol–water partition coefficient (Wildman–Crippen LogP) is 2.09. The van der Waals surface area contributed by atoms with Crippen LogP contribution in [-0.4, -0.2) is 43.2 Å². The Morgan fingerprint density at radius 3 is 2.71 bits per heavy atom. The van der Waals surface area contributed by atoms with Crippen molar-refractivity contribution in [2.75, 3.05) is 20.3 Å². The molecule has 126 valence electrons. The molecule has 6 nitrogen and oxygen atoms in total. The zero-order chi connectivity index (χ0) is 17.1. The number of ether oxygens (including phenoxy) is 2. The fourth-order valence-corrected chi connectivity index (χ4v) is 2.96. The van der Waals surface area contributed by atoms with E-state index in [2.05, 4.69) is 0 Å². The van der Waals surface area contributed by atoms with Crippen LogP contribution < -0.4 is 10.5 Å². The van der Waals surface area contributed by atoms with Crippen LogP contribution in [0.5, 0.6) is 5.75 Å². The molecule has 0 bridgehead atoms. The monoisotopic (exact) mass is 328 g/mol. The predicted molar refractivity (Wildman–Crippen MR) is 89.9 cm³/mol.